The average Bonchev–Trinajstić information content (AvgIpc) is 3.70. The summed E-state index contributed by atoms with van der Waals surface area (Å²) in [6, 6.07) is 68.1. The van der Waals surface area contributed by atoms with Crippen LogP contribution in [0, 0.1) is 0 Å². The minimum Gasteiger partial charge on any atom is -0.456 e. The SMILES string of the molecule is c1ccc(N(c2ccc3oc4ccccc4c3c2)c2cccc3c2-c2c(ccc4ccccc24)C3(c2ccccc2)c2ccccc2)cc1. The van der Waals surface area contributed by atoms with E-state index in [1.807, 2.05) is 12.1 Å². The fraction of sp³-hybridized carbons (Fsp3) is 0.0213. The van der Waals surface area contributed by atoms with E-state index in [0.717, 1.165) is 39.0 Å². The molecule has 0 bridgehead atoms. The van der Waals surface area contributed by atoms with Crippen molar-refractivity contribution in [1.29, 1.82) is 0 Å². The first-order valence-electron chi connectivity index (χ1n) is 16.9. The number of nitrogens with zero attached hydrogens (tertiary/aromatic N) is 1. The first-order valence-corrected chi connectivity index (χ1v) is 16.9. The summed E-state index contributed by atoms with van der Waals surface area (Å²) in [4.78, 5) is 2.43. The Morgan fingerprint density at radius 3 is 1.76 bits per heavy atom. The Bertz CT molecular complexity index is 2620. The molecule has 0 radical (unpaired) electrons. The summed E-state index contributed by atoms with van der Waals surface area (Å²) >= 11 is 0. The van der Waals surface area contributed by atoms with Crippen molar-refractivity contribution in [3.63, 3.8) is 0 Å². The molecule has 0 N–H and O–H groups in total. The molecular formula is C47H31NO. The molecule has 2 nitrogen and oxygen atoms in total. The van der Waals surface area contributed by atoms with Crippen LogP contribution in [-0.2, 0) is 5.41 Å². The van der Waals surface area contributed by atoms with E-state index >= 15 is 0 Å². The largest absolute Gasteiger partial charge is 0.456 e. The Morgan fingerprint density at radius 2 is 1.00 bits per heavy atom. The van der Waals surface area contributed by atoms with Crippen LogP contribution in [0.25, 0.3) is 43.8 Å². The zero-order valence-corrected chi connectivity index (χ0v) is 26.8. The quantitative estimate of drug-likeness (QED) is 0.189. The molecule has 1 aliphatic rings. The van der Waals surface area contributed by atoms with Gasteiger partial charge in [0.15, 0.2) is 0 Å². The fourth-order valence-electron chi connectivity index (χ4n) is 8.32. The fourth-order valence-corrected chi connectivity index (χ4v) is 8.32. The third-order valence-electron chi connectivity index (χ3n) is 10.3. The van der Waals surface area contributed by atoms with Gasteiger partial charge in [-0.1, -0.05) is 146 Å². The summed E-state index contributed by atoms with van der Waals surface area (Å²) < 4.78 is 6.27. The summed E-state index contributed by atoms with van der Waals surface area (Å²) in [5.41, 5.74) is 12.2. The van der Waals surface area contributed by atoms with Crippen LogP contribution in [0.15, 0.2) is 192 Å². The summed E-state index contributed by atoms with van der Waals surface area (Å²) in [7, 11) is 0. The Labute approximate surface area is 285 Å². The van der Waals surface area contributed by atoms with E-state index in [2.05, 4.69) is 181 Å². The van der Waals surface area contributed by atoms with Gasteiger partial charge in [-0.15, -0.1) is 0 Å². The van der Waals surface area contributed by atoms with Gasteiger partial charge in [-0.2, -0.15) is 0 Å². The first-order chi connectivity index (χ1) is 24.3. The highest BCUT2D eigenvalue weighted by Crippen LogP contribution is 2.61. The number of rotatable bonds is 5. The molecule has 1 aromatic heterocycles. The van der Waals surface area contributed by atoms with Gasteiger partial charge in [0.1, 0.15) is 11.2 Å². The number of hydrogen-bond acceptors (Lipinski definition) is 2. The van der Waals surface area contributed by atoms with Crippen molar-refractivity contribution in [1.82, 2.24) is 0 Å². The number of anilines is 3. The van der Waals surface area contributed by atoms with Crippen LogP contribution < -0.4 is 4.90 Å². The van der Waals surface area contributed by atoms with Crippen LogP contribution in [0.4, 0.5) is 17.1 Å². The third-order valence-corrected chi connectivity index (χ3v) is 10.3. The molecule has 0 unspecified atom stereocenters. The van der Waals surface area contributed by atoms with Crippen molar-refractivity contribution in [3.05, 3.63) is 210 Å². The molecule has 0 saturated carbocycles. The predicted octanol–water partition coefficient (Wildman–Crippen LogP) is 12.6. The Kier molecular flexibility index (Phi) is 6.13. The third kappa shape index (κ3) is 4.01. The molecule has 0 fully saturated rings. The second-order valence-corrected chi connectivity index (χ2v) is 12.8. The molecule has 10 rings (SSSR count). The second kappa shape index (κ2) is 10.8. The number of benzene rings is 8. The summed E-state index contributed by atoms with van der Waals surface area (Å²) in [6.45, 7) is 0. The maximum Gasteiger partial charge on any atom is 0.135 e. The predicted molar refractivity (Wildman–Crippen MR) is 203 cm³/mol. The number of fused-ring (bicyclic) bond motifs is 8. The van der Waals surface area contributed by atoms with Crippen molar-refractivity contribution in [2.24, 2.45) is 0 Å². The van der Waals surface area contributed by atoms with Gasteiger partial charge in [-0.3, -0.25) is 0 Å². The van der Waals surface area contributed by atoms with Crippen LogP contribution in [0.3, 0.4) is 0 Å². The Hall–Kier alpha value is -6.38. The molecule has 0 aliphatic heterocycles. The van der Waals surface area contributed by atoms with E-state index in [1.165, 1.54) is 44.2 Å². The van der Waals surface area contributed by atoms with Crippen molar-refractivity contribution in [2.45, 2.75) is 5.41 Å². The molecular weight excluding hydrogens is 595 g/mol. The lowest BCUT2D eigenvalue weighted by atomic mass is 9.67. The summed E-state index contributed by atoms with van der Waals surface area (Å²) in [6.07, 6.45) is 0. The topological polar surface area (TPSA) is 16.4 Å². The van der Waals surface area contributed by atoms with Crippen molar-refractivity contribution in [3.8, 4) is 11.1 Å². The van der Waals surface area contributed by atoms with Crippen molar-refractivity contribution < 1.29 is 4.42 Å². The zero-order chi connectivity index (χ0) is 32.4. The smallest absolute Gasteiger partial charge is 0.135 e. The Balaban J connectivity index is 1.35. The minimum absolute atomic E-state index is 0.514. The standard InChI is InChI=1S/C47H31NO/c1-4-16-33(17-5-1)47(34-18-6-2-7-19-34)40-24-14-25-42(46(40)45-37-22-11-10-15-32(37)27-29-41(45)47)48(35-20-8-3-9-21-35)36-28-30-44-39(31-36)38-23-12-13-26-43(38)49-44/h1-31H. The summed E-state index contributed by atoms with van der Waals surface area (Å²) in [5, 5.41) is 4.72. The molecule has 9 aromatic rings. The molecule has 2 heteroatoms. The van der Waals surface area contributed by atoms with Crippen LogP contribution in [-0.4, -0.2) is 0 Å². The normalized spacial score (nSPS) is 13.1. The molecule has 0 saturated heterocycles. The molecule has 230 valence electrons. The molecule has 1 heterocycles. The van der Waals surface area contributed by atoms with Crippen molar-refractivity contribution >= 4 is 49.8 Å². The van der Waals surface area contributed by atoms with E-state index in [-0.39, 0.29) is 0 Å². The summed E-state index contributed by atoms with van der Waals surface area (Å²) in [5.74, 6) is 0. The average molecular weight is 626 g/mol. The van der Waals surface area contributed by atoms with Gasteiger partial charge in [0.2, 0.25) is 0 Å². The highest BCUT2D eigenvalue weighted by Gasteiger charge is 2.48. The maximum atomic E-state index is 6.27. The van der Waals surface area contributed by atoms with Crippen LogP contribution in [0.2, 0.25) is 0 Å². The lowest BCUT2D eigenvalue weighted by molar-refractivity contribution is 0.669. The van der Waals surface area contributed by atoms with E-state index in [9.17, 15) is 0 Å². The van der Waals surface area contributed by atoms with Gasteiger partial charge < -0.3 is 9.32 Å². The van der Waals surface area contributed by atoms with Gasteiger partial charge >= 0.3 is 0 Å². The number of para-hydroxylation sites is 2. The lowest BCUT2D eigenvalue weighted by Crippen LogP contribution is -2.28. The molecule has 0 amide bonds. The van der Waals surface area contributed by atoms with Gasteiger partial charge in [0, 0.05) is 27.7 Å². The van der Waals surface area contributed by atoms with E-state index < -0.39 is 5.41 Å². The number of hydrogen-bond donors (Lipinski definition) is 0. The highest BCUT2D eigenvalue weighted by molar-refractivity contribution is 6.10. The van der Waals surface area contributed by atoms with E-state index in [0.29, 0.717) is 0 Å². The first kappa shape index (κ1) is 27.7. The van der Waals surface area contributed by atoms with E-state index in [4.69, 9.17) is 4.42 Å². The monoisotopic (exact) mass is 625 g/mol. The molecule has 0 spiro atoms. The van der Waals surface area contributed by atoms with Crippen LogP contribution >= 0.6 is 0 Å². The van der Waals surface area contributed by atoms with Gasteiger partial charge in [0.05, 0.1) is 11.1 Å². The number of furan rings is 1. The van der Waals surface area contributed by atoms with Crippen LogP contribution in [0.5, 0.6) is 0 Å². The second-order valence-electron chi connectivity index (χ2n) is 12.8. The van der Waals surface area contributed by atoms with E-state index in [1.54, 1.807) is 0 Å². The minimum atomic E-state index is -0.514. The lowest BCUT2D eigenvalue weighted by Gasteiger charge is -2.34. The Morgan fingerprint density at radius 1 is 0.388 bits per heavy atom. The van der Waals surface area contributed by atoms with Gasteiger partial charge in [-0.25, -0.2) is 0 Å². The van der Waals surface area contributed by atoms with Gasteiger partial charge in [-0.05, 0) is 81.1 Å². The van der Waals surface area contributed by atoms with Gasteiger partial charge in [0.25, 0.3) is 0 Å². The molecule has 0 atom stereocenters. The molecule has 1 aliphatic carbocycles. The zero-order valence-electron chi connectivity index (χ0n) is 26.8. The molecule has 49 heavy (non-hydrogen) atoms. The maximum absolute atomic E-state index is 6.27. The highest BCUT2D eigenvalue weighted by atomic mass is 16.3. The van der Waals surface area contributed by atoms with Crippen LogP contribution in [0.1, 0.15) is 22.3 Å². The molecule has 8 aromatic carbocycles. The van der Waals surface area contributed by atoms with Crippen molar-refractivity contribution in [2.75, 3.05) is 4.90 Å².